The molecule has 0 aliphatic carbocycles. The van der Waals surface area contributed by atoms with E-state index in [4.69, 9.17) is 0 Å². The number of fused-ring (bicyclic) bond motifs is 1. The molecule has 1 amide bonds. The first kappa shape index (κ1) is 33.0. The van der Waals surface area contributed by atoms with Crippen molar-refractivity contribution in [3.63, 3.8) is 0 Å². The Morgan fingerprint density at radius 3 is 2.50 bits per heavy atom. The molecule has 44 heavy (non-hydrogen) atoms. The quantitative estimate of drug-likeness (QED) is 0.182. The molecule has 1 heterocycles. The molecular weight excluding hydrogens is 547 g/mol. The second kappa shape index (κ2) is 14.2. The Labute approximate surface area is 262 Å². The van der Waals surface area contributed by atoms with Crippen molar-refractivity contribution in [1.82, 2.24) is 5.32 Å². The Kier molecular flexibility index (Phi) is 10.7. The fourth-order valence-electron chi connectivity index (χ4n) is 6.86. The number of hydrogen-bond donors (Lipinski definition) is 2. The third-order valence-corrected chi connectivity index (χ3v) is 9.24. The maximum atomic E-state index is 17.4. The first-order chi connectivity index (χ1) is 21.1. The second-order valence-corrected chi connectivity index (χ2v) is 12.6. The Hall–Kier alpha value is -3.91. The van der Waals surface area contributed by atoms with Crippen LogP contribution < -0.4 is 5.32 Å². The van der Waals surface area contributed by atoms with Gasteiger partial charge >= 0.3 is 0 Å². The van der Waals surface area contributed by atoms with E-state index < -0.39 is 5.41 Å². The fraction of sp³-hybridized carbons (Fsp3) is 0.436. The molecule has 0 radical (unpaired) electrons. The number of aromatic hydroxyl groups is 1. The molecule has 1 aliphatic rings. The van der Waals surface area contributed by atoms with Gasteiger partial charge in [-0.05, 0) is 101 Å². The number of allylic oxidation sites excluding steroid dienone is 1. The van der Waals surface area contributed by atoms with Gasteiger partial charge in [-0.3, -0.25) is 4.79 Å². The minimum atomic E-state index is -0.791. The number of rotatable bonds is 14. The van der Waals surface area contributed by atoms with Gasteiger partial charge in [0.25, 0.3) is 0 Å². The Morgan fingerprint density at radius 2 is 1.84 bits per heavy atom. The molecular formula is C39H47FN2O2. The van der Waals surface area contributed by atoms with Crippen molar-refractivity contribution < 1.29 is 14.3 Å². The third kappa shape index (κ3) is 6.32. The lowest BCUT2D eigenvalue weighted by molar-refractivity contribution is -0.126. The first-order valence-corrected chi connectivity index (χ1v) is 16.3. The van der Waals surface area contributed by atoms with E-state index in [0.717, 1.165) is 58.0 Å². The lowest BCUT2D eigenvalue weighted by Crippen LogP contribution is -2.34. The predicted molar refractivity (Wildman–Crippen MR) is 179 cm³/mol. The smallest absolute Gasteiger partial charge is 0.235 e. The molecule has 0 aromatic heterocycles. The normalized spacial score (nSPS) is 16.5. The van der Waals surface area contributed by atoms with Gasteiger partial charge in [-0.25, -0.2) is 4.39 Å². The summed E-state index contributed by atoms with van der Waals surface area (Å²) < 4.78 is 17.4. The molecule has 2 N–H and O–H groups in total. The fourth-order valence-corrected chi connectivity index (χ4v) is 6.86. The summed E-state index contributed by atoms with van der Waals surface area (Å²) in [5, 5.41) is 25.0. The van der Waals surface area contributed by atoms with Crippen molar-refractivity contribution in [1.29, 1.82) is 5.26 Å². The number of carbonyl (C=O) groups is 1. The van der Waals surface area contributed by atoms with Crippen molar-refractivity contribution in [2.24, 2.45) is 11.3 Å². The molecule has 3 aromatic rings. The van der Waals surface area contributed by atoms with E-state index in [9.17, 15) is 15.2 Å². The lowest BCUT2D eigenvalue weighted by atomic mass is 9.69. The molecule has 1 atom stereocenters. The number of hydrogen-bond acceptors (Lipinski definition) is 3. The Morgan fingerprint density at radius 1 is 1.09 bits per heavy atom. The number of phenols is 1. The highest BCUT2D eigenvalue weighted by Crippen LogP contribution is 2.52. The van der Waals surface area contributed by atoms with Gasteiger partial charge in [0, 0.05) is 17.7 Å². The van der Waals surface area contributed by atoms with E-state index >= 15 is 4.39 Å². The number of carbonyl (C=O) groups excluding carboxylic acids is 1. The number of unbranched alkanes of at least 4 members (excludes halogenated alkanes) is 1. The summed E-state index contributed by atoms with van der Waals surface area (Å²) in [5.41, 5.74) is 4.91. The lowest BCUT2D eigenvalue weighted by Gasteiger charge is -2.31. The largest absolute Gasteiger partial charge is 0.508 e. The van der Waals surface area contributed by atoms with Crippen LogP contribution >= 0.6 is 0 Å². The molecule has 4 nitrogen and oxygen atoms in total. The van der Waals surface area contributed by atoms with Crippen LogP contribution in [0, 0.1) is 28.5 Å². The van der Waals surface area contributed by atoms with Crippen LogP contribution in [-0.2, 0) is 17.6 Å². The van der Waals surface area contributed by atoms with Crippen LogP contribution in [0.25, 0.3) is 27.5 Å². The third-order valence-electron chi connectivity index (χ3n) is 9.24. The molecule has 0 fully saturated rings. The van der Waals surface area contributed by atoms with Crippen LogP contribution in [0.4, 0.5) is 4.39 Å². The number of nitriles is 1. The molecule has 0 saturated carbocycles. The van der Waals surface area contributed by atoms with Crippen LogP contribution in [0.1, 0.15) is 103 Å². The van der Waals surface area contributed by atoms with E-state index in [1.807, 2.05) is 38.1 Å². The summed E-state index contributed by atoms with van der Waals surface area (Å²) in [6.07, 6.45) is 6.48. The summed E-state index contributed by atoms with van der Waals surface area (Å²) in [4.78, 5) is 14.0. The standard InChI is InChI=1S/C39H47FN2O2/c1-7-15-31-33(35-37(26(6)8-2)42-38(44)39(35,9-3)20-14-16-25(4)5)23-28(18-12-13-21-41)34(36(31)40)32-24-29(43)22-27-17-10-11-19-30(27)32/h10-11,17,19,22-25,43H,6-9,12-16,18,20H2,1-5H3,(H,42,44). The summed E-state index contributed by atoms with van der Waals surface area (Å²) in [6.45, 7) is 14.9. The highest BCUT2D eigenvalue weighted by Gasteiger charge is 2.48. The topological polar surface area (TPSA) is 73.1 Å². The van der Waals surface area contributed by atoms with E-state index in [0.29, 0.717) is 67.6 Å². The van der Waals surface area contributed by atoms with Gasteiger partial charge in [0.1, 0.15) is 11.6 Å². The van der Waals surface area contributed by atoms with Gasteiger partial charge in [0.05, 0.1) is 11.5 Å². The average molecular weight is 595 g/mol. The van der Waals surface area contributed by atoms with Crippen molar-refractivity contribution >= 4 is 22.3 Å². The summed E-state index contributed by atoms with van der Waals surface area (Å²) in [5.74, 6) is 0.252. The zero-order chi connectivity index (χ0) is 32.0. The van der Waals surface area contributed by atoms with Gasteiger partial charge in [-0.1, -0.05) is 90.8 Å². The number of phenolic OH excluding ortho intramolecular Hbond substituents is 1. The van der Waals surface area contributed by atoms with Crippen LogP contribution in [0.2, 0.25) is 0 Å². The van der Waals surface area contributed by atoms with Crippen LogP contribution in [-0.4, -0.2) is 11.0 Å². The van der Waals surface area contributed by atoms with E-state index in [1.165, 1.54) is 0 Å². The highest BCUT2D eigenvalue weighted by molar-refractivity contribution is 6.06. The summed E-state index contributed by atoms with van der Waals surface area (Å²) in [6, 6.07) is 15.4. The number of benzene rings is 3. The molecule has 232 valence electrons. The van der Waals surface area contributed by atoms with Gasteiger partial charge in [-0.2, -0.15) is 5.26 Å². The molecule has 4 rings (SSSR count). The van der Waals surface area contributed by atoms with E-state index in [2.05, 4.69) is 44.8 Å². The minimum absolute atomic E-state index is 0.0275. The van der Waals surface area contributed by atoms with E-state index in [1.54, 1.807) is 12.1 Å². The number of nitrogens with one attached hydrogen (secondary N) is 1. The van der Waals surface area contributed by atoms with Crippen LogP contribution in [0.3, 0.4) is 0 Å². The van der Waals surface area contributed by atoms with Gasteiger partial charge in [0.2, 0.25) is 5.91 Å². The first-order valence-electron chi connectivity index (χ1n) is 16.3. The molecule has 3 aromatic carbocycles. The average Bonchev–Trinajstić information content (AvgIpc) is 3.29. The zero-order valence-corrected chi connectivity index (χ0v) is 27.1. The molecule has 0 bridgehead atoms. The Bertz CT molecular complexity index is 1630. The zero-order valence-electron chi connectivity index (χ0n) is 27.1. The minimum Gasteiger partial charge on any atom is -0.508 e. The summed E-state index contributed by atoms with van der Waals surface area (Å²) >= 11 is 0. The van der Waals surface area contributed by atoms with Crippen molar-refractivity contribution in [2.45, 2.75) is 98.8 Å². The maximum Gasteiger partial charge on any atom is 0.235 e. The molecule has 5 heteroatoms. The molecule has 1 aliphatic heterocycles. The van der Waals surface area contributed by atoms with Crippen LogP contribution in [0.15, 0.2) is 60.3 Å². The van der Waals surface area contributed by atoms with Gasteiger partial charge in [0.15, 0.2) is 0 Å². The van der Waals surface area contributed by atoms with Crippen molar-refractivity contribution in [2.75, 3.05) is 0 Å². The molecule has 0 spiro atoms. The predicted octanol–water partition coefficient (Wildman–Crippen LogP) is 10.2. The Balaban J connectivity index is 2.10. The molecule has 0 saturated heterocycles. The van der Waals surface area contributed by atoms with Crippen LogP contribution in [0.5, 0.6) is 5.75 Å². The monoisotopic (exact) mass is 594 g/mol. The second-order valence-electron chi connectivity index (χ2n) is 12.6. The number of aryl methyl sites for hydroxylation is 1. The SMILES string of the molecule is C=C(CC)C1=C(c2cc(CCCC#N)c(-c3cc(O)cc4ccccc34)c(F)c2CCC)C(CC)(CCCC(C)C)C(=O)N1. The van der Waals surface area contributed by atoms with Crippen molar-refractivity contribution in [3.05, 3.63) is 82.8 Å². The highest BCUT2D eigenvalue weighted by atomic mass is 19.1. The number of amides is 1. The van der Waals surface area contributed by atoms with Crippen molar-refractivity contribution in [3.8, 4) is 22.9 Å². The number of nitrogens with zero attached hydrogens (tertiary/aromatic N) is 1. The van der Waals surface area contributed by atoms with Gasteiger partial charge < -0.3 is 10.4 Å². The summed E-state index contributed by atoms with van der Waals surface area (Å²) in [7, 11) is 0. The molecule has 1 unspecified atom stereocenters. The van der Waals surface area contributed by atoms with E-state index in [-0.39, 0.29) is 17.5 Å². The van der Waals surface area contributed by atoms with Gasteiger partial charge in [-0.15, -0.1) is 0 Å². The number of halogens is 1. The maximum absolute atomic E-state index is 17.4.